The molecule has 0 N–H and O–H groups in total. The van der Waals surface area contributed by atoms with Crippen LogP contribution in [-0.2, 0) is 19.3 Å². The van der Waals surface area contributed by atoms with Gasteiger partial charge >= 0.3 is 0 Å². The molecule has 3 aromatic heterocycles. The molecule has 1 aliphatic rings. The maximum atomic E-state index is 14.3. The number of nitrogens with zero attached hydrogens (tertiary/aromatic N) is 7. The fourth-order valence-corrected chi connectivity index (χ4v) is 5.26. The molecule has 0 radical (unpaired) electrons. The number of rotatable bonds is 7. The molecule has 192 valence electrons. The molecule has 0 saturated carbocycles. The quantitative estimate of drug-likeness (QED) is 0.488. The van der Waals surface area contributed by atoms with Crippen LogP contribution in [0.4, 0.5) is 10.1 Å². The maximum Gasteiger partial charge on any atom is 0.252 e. The van der Waals surface area contributed by atoms with Gasteiger partial charge in [-0.2, -0.15) is 10.4 Å². The van der Waals surface area contributed by atoms with E-state index in [1.165, 1.54) is 13.8 Å². The fourth-order valence-electron chi connectivity index (χ4n) is 5.26. The number of nitriles is 1. The third kappa shape index (κ3) is 4.74. The molecule has 0 bridgehead atoms. The highest BCUT2D eigenvalue weighted by Crippen LogP contribution is 2.34. The van der Waals surface area contributed by atoms with Crippen LogP contribution >= 0.6 is 0 Å². The van der Waals surface area contributed by atoms with Crippen molar-refractivity contribution in [1.82, 2.24) is 24.2 Å². The van der Waals surface area contributed by atoms with E-state index in [0.717, 1.165) is 48.2 Å². The zero-order chi connectivity index (χ0) is 26.2. The summed E-state index contributed by atoms with van der Waals surface area (Å²) in [6, 6.07) is 8.14. The zero-order valence-corrected chi connectivity index (χ0v) is 22.1. The predicted molar refractivity (Wildman–Crippen MR) is 140 cm³/mol. The Labute approximate surface area is 211 Å². The maximum absolute atomic E-state index is 14.3. The summed E-state index contributed by atoms with van der Waals surface area (Å²) in [6.45, 7) is 11.3. The number of alkyl halides is 1. The molecular formula is C27H36FN7O. The van der Waals surface area contributed by atoms with Crippen molar-refractivity contribution in [2.45, 2.75) is 77.8 Å². The van der Waals surface area contributed by atoms with Gasteiger partial charge in [0, 0.05) is 50.5 Å². The van der Waals surface area contributed by atoms with Crippen LogP contribution in [0.25, 0.3) is 11.0 Å². The molecule has 1 fully saturated rings. The van der Waals surface area contributed by atoms with Crippen molar-refractivity contribution in [2.75, 3.05) is 18.0 Å². The molecule has 1 aliphatic heterocycles. The first-order valence-electron chi connectivity index (χ1n) is 12.7. The van der Waals surface area contributed by atoms with E-state index in [0.29, 0.717) is 5.69 Å². The number of anilines is 1. The Bertz CT molecular complexity index is 1320. The standard InChI is InChI=1S/C27H36FN7O/c1-7-20-16-35(22-13-25(36)32(6)23-17-33(12-11-29)31-26(22)23)21(8-2)15-34(20)18(3)19-9-10-24(30-14-19)27(4,5)28/h9-10,13-14,17-18,20-21H,7-8,12,15-16H2,1-6H3/t18-,20+,21-/m0/s1. The summed E-state index contributed by atoms with van der Waals surface area (Å²) in [5.41, 5.74) is 2.26. The minimum absolute atomic E-state index is 0.0883. The average Bonchev–Trinajstić information content (AvgIpc) is 3.29. The van der Waals surface area contributed by atoms with E-state index < -0.39 is 5.67 Å². The Hall–Kier alpha value is -3.25. The van der Waals surface area contributed by atoms with E-state index in [1.54, 1.807) is 40.8 Å². The van der Waals surface area contributed by atoms with Crippen molar-refractivity contribution < 1.29 is 4.39 Å². The Morgan fingerprint density at radius 2 is 1.94 bits per heavy atom. The lowest BCUT2D eigenvalue weighted by atomic mass is 9.96. The Morgan fingerprint density at radius 3 is 2.53 bits per heavy atom. The van der Waals surface area contributed by atoms with Gasteiger partial charge in [-0.1, -0.05) is 19.9 Å². The lowest BCUT2D eigenvalue weighted by Crippen LogP contribution is -2.58. The number of aromatic nitrogens is 4. The van der Waals surface area contributed by atoms with Crippen molar-refractivity contribution in [3.05, 3.63) is 52.2 Å². The Morgan fingerprint density at radius 1 is 1.22 bits per heavy atom. The van der Waals surface area contributed by atoms with Crippen LogP contribution in [0.2, 0.25) is 0 Å². The van der Waals surface area contributed by atoms with Crippen LogP contribution in [0, 0.1) is 11.3 Å². The lowest BCUT2D eigenvalue weighted by Gasteiger charge is -2.49. The number of pyridine rings is 2. The van der Waals surface area contributed by atoms with E-state index in [9.17, 15) is 9.18 Å². The third-order valence-electron chi connectivity index (χ3n) is 7.54. The molecule has 3 atom stereocenters. The van der Waals surface area contributed by atoms with Gasteiger partial charge in [0.15, 0.2) is 0 Å². The molecule has 36 heavy (non-hydrogen) atoms. The van der Waals surface area contributed by atoms with Crippen molar-refractivity contribution in [2.24, 2.45) is 7.05 Å². The summed E-state index contributed by atoms with van der Waals surface area (Å²) >= 11 is 0. The van der Waals surface area contributed by atoms with E-state index in [-0.39, 0.29) is 30.2 Å². The van der Waals surface area contributed by atoms with Gasteiger partial charge in [-0.15, -0.1) is 0 Å². The number of hydrogen-bond acceptors (Lipinski definition) is 6. The summed E-state index contributed by atoms with van der Waals surface area (Å²) < 4.78 is 17.5. The summed E-state index contributed by atoms with van der Waals surface area (Å²) in [7, 11) is 1.74. The van der Waals surface area contributed by atoms with Gasteiger partial charge in [-0.3, -0.25) is 19.4 Å². The van der Waals surface area contributed by atoms with Crippen LogP contribution in [0.15, 0.2) is 35.4 Å². The number of halogens is 1. The van der Waals surface area contributed by atoms with Crippen LogP contribution in [0.3, 0.4) is 0 Å². The Kier molecular flexibility index (Phi) is 7.19. The van der Waals surface area contributed by atoms with E-state index in [4.69, 9.17) is 5.26 Å². The van der Waals surface area contributed by atoms with Gasteiger partial charge in [0.1, 0.15) is 17.7 Å². The van der Waals surface area contributed by atoms with E-state index in [2.05, 4.69) is 46.7 Å². The second-order valence-electron chi connectivity index (χ2n) is 10.2. The molecule has 0 amide bonds. The molecule has 4 heterocycles. The normalized spacial score (nSPS) is 20.0. The lowest BCUT2D eigenvalue weighted by molar-refractivity contribution is 0.101. The highest BCUT2D eigenvalue weighted by atomic mass is 19.1. The Balaban J connectivity index is 1.68. The summed E-state index contributed by atoms with van der Waals surface area (Å²) in [5, 5.41) is 13.8. The van der Waals surface area contributed by atoms with Crippen LogP contribution < -0.4 is 10.5 Å². The van der Waals surface area contributed by atoms with Gasteiger partial charge in [0.2, 0.25) is 0 Å². The van der Waals surface area contributed by atoms with Crippen LogP contribution in [0.1, 0.15) is 64.8 Å². The molecular weight excluding hydrogens is 457 g/mol. The van der Waals surface area contributed by atoms with Gasteiger partial charge < -0.3 is 9.47 Å². The van der Waals surface area contributed by atoms with Gasteiger partial charge in [-0.25, -0.2) is 4.39 Å². The fraction of sp³-hybridized carbons (Fsp3) is 0.556. The van der Waals surface area contributed by atoms with Gasteiger partial charge in [0.25, 0.3) is 5.56 Å². The van der Waals surface area contributed by atoms with Crippen LogP contribution in [0.5, 0.6) is 0 Å². The minimum atomic E-state index is -1.47. The average molecular weight is 494 g/mol. The van der Waals surface area contributed by atoms with Gasteiger partial charge in [0.05, 0.1) is 29.2 Å². The second kappa shape index (κ2) is 10.0. The highest BCUT2D eigenvalue weighted by molar-refractivity contribution is 5.88. The van der Waals surface area contributed by atoms with E-state index >= 15 is 0 Å². The van der Waals surface area contributed by atoms with E-state index in [1.807, 2.05) is 6.07 Å². The van der Waals surface area contributed by atoms with Gasteiger partial charge in [-0.05, 0) is 45.2 Å². The number of piperazine rings is 1. The van der Waals surface area contributed by atoms with Crippen molar-refractivity contribution in [3.8, 4) is 6.07 Å². The molecule has 0 aromatic carbocycles. The van der Waals surface area contributed by atoms with Crippen molar-refractivity contribution in [1.29, 1.82) is 5.26 Å². The number of fused-ring (bicyclic) bond motifs is 1. The largest absolute Gasteiger partial charge is 0.364 e. The first kappa shape index (κ1) is 25.8. The minimum Gasteiger partial charge on any atom is -0.364 e. The number of hydrogen-bond donors (Lipinski definition) is 0. The third-order valence-corrected chi connectivity index (χ3v) is 7.54. The highest BCUT2D eigenvalue weighted by Gasteiger charge is 2.36. The zero-order valence-electron chi connectivity index (χ0n) is 22.1. The summed E-state index contributed by atoms with van der Waals surface area (Å²) in [5.74, 6) is 0. The summed E-state index contributed by atoms with van der Waals surface area (Å²) in [4.78, 5) is 22.1. The molecule has 3 aromatic rings. The summed E-state index contributed by atoms with van der Waals surface area (Å²) in [6.07, 6.45) is 5.42. The predicted octanol–water partition coefficient (Wildman–Crippen LogP) is 4.30. The molecule has 9 heteroatoms. The smallest absolute Gasteiger partial charge is 0.252 e. The molecule has 1 saturated heterocycles. The first-order valence-corrected chi connectivity index (χ1v) is 12.7. The second-order valence-corrected chi connectivity index (χ2v) is 10.2. The first-order chi connectivity index (χ1) is 17.1. The van der Waals surface area contributed by atoms with Crippen LogP contribution in [-0.4, -0.2) is 49.4 Å². The molecule has 0 aliphatic carbocycles. The SMILES string of the molecule is CC[C@H]1CN([C@@H](C)c2ccc(C(C)(C)F)nc2)[C@H](CC)CN1c1cc(=O)n(C)c2cn(CC#N)nc12. The van der Waals surface area contributed by atoms with Crippen molar-refractivity contribution in [3.63, 3.8) is 0 Å². The molecule has 0 unspecified atom stereocenters. The molecule has 4 rings (SSSR count). The topological polar surface area (TPSA) is 83.0 Å². The monoisotopic (exact) mass is 493 g/mol. The molecule has 0 spiro atoms. The van der Waals surface area contributed by atoms with Crippen molar-refractivity contribution >= 4 is 16.7 Å². The number of aryl methyl sites for hydroxylation is 1. The molecule has 8 nitrogen and oxygen atoms in total.